The number of thiophene rings is 1. The topological polar surface area (TPSA) is 32.5 Å². The molecular weight excluding hydrogens is 278 g/mol. The predicted octanol–water partition coefficient (Wildman–Crippen LogP) is 2.12. The Bertz CT molecular complexity index is 508. The van der Waals surface area contributed by atoms with Crippen LogP contribution in [0.3, 0.4) is 0 Å². The molecule has 0 radical (unpaired) electrons. The summed E-state index contributed by atoms with van der Waals surface area (Å²) in [5, 5.41) is 2.15. The minimum atomic E-state index is 0.439. The minimum Gasteiger partial charge on any atom is -0.320 e. The van der Waals surface area contributed by atoms with Crippen LogP contribution < -0.4 is 5.73 Å². The molecule has 2 N–H and O–H groups in total. The minimum absolute atomic E-state index is 0.439. The average molecular weight is 303 g/mol. The van der Waals surface area contributed by atoms with E-state index in [9.17, 15) is 0 Å². The Balaban J connectivity index is 1.51. The van der Waals surface area contributed by atoms with E-state index >= 15 is 0 Å². The third-order valence-corrected chi connectivity index (χ3v) is 5.44. The second kappa shape index (κ2) is 7.42. The van der Waals surface area contributed by atoms with Crippen molar-refractivity contribution in [1.29, 1.82) is 0 Å². The standard InChI is InChI=1S/C17H25N3S/c18-7-4-5-15-11-17(21-14-15)13-19-10-6-16(12-19)20-8-2-1-3-9-20/h11,14,16H,1-3,6-10,12-13,18H2. The lowest BCUT2D eigenvalue weighted by Crippen LogP contribution is -2.40. The molecule has 2 saturated heterocycles. The maximum Gasteiger partial charge on any atom is 0.0555 e. The first-order valence-electron chi connectivity index (χ1n) is 8.08. The molecular formula is C17H25N3S. The van der Waals surface area contributed by atoms with Gasteiger partial charge < -0.3 is 5.73 Å². The molecule has 1 aromatic rings. The van der Waals surface area contributed by atoms with Gasteiger partial charge in [-0.25, -0.2) is 0 Å². The van der Waals surface area contributed by atoms with Crippen molar-refractivity contribution in [2.45, 2.75) is 38.3 Å². The average Bonchev–Trinajstić information content (AvgIpc) is 3.16. The number of likely N-dealkylation sites (tertiary alicyclic amines) is 2. The molecule has 0 saturated carbocycles. The van der Waals surface area contributed by atoms with Crippen LogP contribution in [0.25, 0.3) is 0 Å². The third kappa shape index (κ3) is 4.08. The fourth-order valence-corrected chi connectivity index (χ4v) is 4.30. The number of hydrogen-bond donors (Lipinski definition) is 1. The maximum atomic E-state index is 5.42. The van der Waals surface area contributed by atoms with Crippen LogP contribution in [0.2, 0.25) is 0 Å². The molecule has 1 unspecified atom stereocenters. The van der Waals surface area contributed by atoms with E-state index in [0.717, 1.165) is 18.2 Å². The summed E-state index contributed by atoms with van der Waals surface area (Å²) in [5.41, 5.74) is 6.54. The zero-order valence-electron chi connectivity index (χ0n) is 12.7. The van der Waals surface area contributed by atoms with Crippen LogP contribution in [-0.4, -0.2) is 48.6 Å². The van der Waals surface area contributed by atoms with Crippen LogP contribution in [0.1, 0.15) is 36.1 Å². The molecule has 4 heteroatoms. The largest absolute Gasteiger partial charge is 0.320 e. The Morgan fingerprint density at radius 1 is 1.24 bits per heavy atom. The quantitative estimate of drug-likeness (QED) is 0.868. The smallest absolute Gasteiger partial charge is 0.0555 e. The highest BCUT2D eigenvalue weighted by molar-refractivity contribution is 7.10. The van der Waals surface area contributed by atoms with Crippen molar-refractivity contribution in [2.24, 2.45) is 5.73 Å². The molecule has 0 spiro atoms. The molecule has 0 bridgehead atoms. The van der Waals surface area contributed by atoms with Crippen molar-refractivity contribution < 1.29 is 0 Å². The van der Waals surface area contributed by atoms with Crippen molar-refractivity contribution in [3.05, 3.63) is 21.9 Å². The Morgan fingerprint density at radius 2 is 2.10 bits per heavy atom. The van der Waals surface area contributed by atoms with Crippen molar-refractivity contribution in [3.8, 4) is 11.8 Å². The summed E-state index contributed by atoms with van der Waals surface area (Å²) in [6.07, 6.45) is 5.55. The van der Waals surface area contributed by atoms with Gasteiger partial charge in [-0.3, -0.25) is 9.80 Å². The molecule has 2 fully saturated rings. The van der Waals surface area contributed by atoms with Crippen molar-refractivity contribution in [2.75, 3.05) is 32.7 Å². The van der Waals surface area contributed by atoms with Crippen LogP contribution >= 0.6 is 11.3 Å². The third-order valence-electron chi connectivity index (χ3n) is 4.52. The zero-order chi connectivity index (χ0) is 14.5. The fourth-order valence-electron chi connectivity index (χ4n) is 3.44. The normalized spacial score (nSPS) is 24.0. The SMILES string of the molecule is NCC#Cc1csc(CN2CCC(N3CCCCC3)C2)c1. The molecule has 114 valence electrons. The Kier molecular flexibility index (Phi) is 5.32. The first-order valence-corrected chi connectivity index (χ1v) is 8.96. The van der Waals surface area contributed by atoms with E-state index in [0.29, 0.717) is 6.54 Å². The molecule has 3 heterocycles. The first kappa shape index (κ1) is 15.1. The van der Waals surface area contributed by atoms with Gasteiger partial charge in [-0.2, -0.15) is 0 Å². The van der Waals surface area contributed by atoms with Crippen molar-refractivity contribution >= 4 is 11.3 Å². The maximum absolute atomic E-state index is 5.42. The first-order chi connectivity index (χ1) is 10.3. The van der Waals surface area contributed by atoms with E-state index in [1.54, 1.807) is 0 Å². The molecule has 0 aromatic carbocycles. The molecule has 0 amide bonds. The summed E-state index contributed by atoms with van der Waals surface area (Å²) < 4.78 is 0. The van der Waals surface area contributed by atoms with E-state index in [-0.39, 0.29) is 0 Å². The summed E-state index contributed by atoms with van der Waals surface area (Å²) in [6.45, 7) is 6.63. The van der Waals surface area contributed by atoms with Crippen LogP contribution in [0, 0.1) is 11.8 Å². The Hall–Kier alpha value is -0.860. The zero-order valence-corrected chi connectivity index (χ0v) is 13.5. The lowest BCUT2D eigenvalue weighted by atomic mass is 10.1. The van der Waals surface area contributed by atoms with Gasteiger partial charge in [-0.15, -0.1) is 11.3 Å². The monoisotopic (exact) mass is 303 g/mol. The Labute approximate surface area is 132 Å². The summed E-state index contributed by atoms with van der Waals surface area (Å²) in [4.78, 5) is 6.75. The van der Waals surface area contributed by atoms with E-state index in [1.165, 1.54) is 56.7 Å². The van der Waals surface area contributed by atoms with Gasteiger partial charge in [-0.1, -0.05) is 18.3 Å². The van der Waals surface area contributed by atoms with E-state index in [1.807, 2.05) is 11.3 Å². The van der Waals surface area contributed by atoms with Gasteiger partial charge in [0, 0.05) is 41.5 Å². The lowest BCUT2D eigenvalue weighted by Gasteiger charge is -2.32. The second-order valence-corrected chi connectivity index (χ2v) is 7.08. The van der Waals surface area contributed by atoms with Gasteiger partial charge in [0.1, 0.15) is 0 Å². The van der Waals surface area contributed by atoms with Crippen LogP contribution in [0.5, 0.6) is 0 Å². The molecule has 2 aliphatic rings. The van der Waals surface area contributed by atoms with Gasteiger partial charge in [0.15, 0.2) is 0 Å². The Morgan fingerprint density at radius 3 is 2.90 bits per heavy atom. The molecule has 1 aromatic heterocycles. The molecule has 21 heavy (non-hydrogen) atoms. The number of hydrogen-bond acceptors (Lipinski definition) is 4. The lowest BCUT2D eigenvalue weighted by molar-refractivity contribution is 0.161. The number of nitrogens with two attached hydrogens (primary N) is 1. The van der Waals surface area contributed by atoms with Crippen LogP contribution in [0.15, 0.2) is 11.4 Å². The summed E-state index contributed by atoms with van der Waals surface area (Å²) >= 11 is 1.83. The van der Waals surface area contributed by atoms with E-state index in [4.69, 9.17) is 5.73 Å². The number of rotatable bonds is 3. The second-order valence-electron chi connectivity index (χ2n) is 6.08. The molecule has 2 aliphatic heterocycles. The fraction of sp³-hybridized carbons (Fsp3) is 0.647. The molecule has 3 rings (SSSR count). The van der Waals surface area contributed by atoms with Gasteiger partial charge in [0.05, 0.1) is 6.54 Å². The number of piperidine rings is 1. The van der Waals surface area contributed by atoms with Crippen LogP contribution in [-0.2, 0) is 6.54 Å². The summed E-state index contributed by atoms with van der Waals surface area (Å²) in [6, 6.07) is 3.02. The highest BCUT2D eigenvalue weighted by Gasteiger charge is 2.28. The van der Waals surface area contributed by atoms with Crippen molar-refractivity contribution in [1.82, 2.24) is 9.80 Å². The summed E-state index contributed by atoms with van der Waals surface area (Å²) in [7, 11) is 0. The van der Waals surface area contributed by atoms with E-state index in [2.05, 4.69) is 33.1 Å². The summed E-state index contributed by atoms with van der Waals surface area (Å²) in [5.74, 6) is 6.04. The highest BCUT2D eigenvalue weighted by atomic mass is 32.1. The van der Waals surface area contributed by atoms with Gasteiger partial charge in [-0.05, 0) is 38.4 Å². The van der Waals surface area contributed by atoms with Gasteiger partial charge in [0.2, 0.25) is 0 Å². The van der Waals surface area contributed by atoms with Gasteiger partial charge >= 0.3 is 0 Å². The van der Waals surface area contributed by atoms with Crippen molar-refractivity contribution in [3.63, 3.8) is 0 Å². The molecule has 3 nitrogen and oxygen atoms in total. The highest BCUT2D eigenvalue weighted by Crippen LogP contribution is 2.23. The van der Waals surface area contributed by atoms with Gasteiger partial charge in [0.25, 0.3) is 0 Å². The predicted molar refractivity (Wildman–Crippen MR) is 89.4 cm³/mol. The van der Waals surface area contributed by atoms with E-state index < -0.39 is 0 Å². The van der Waals surface area contributed by atoms with Crippen LogP contribution in [0.4, 0.5) is 0 Å². The molecule has 0 aliphatic carbocycles. The number of nitrogens with zero attached hydrogens (tertiary/aromatic N) is 2. The molecule has 1 atom stereocenters.